The quantitative estimate of drug-likeness (QED) is 0.457. The van der Waals surface area contributed by atoms with Crippen LogP contribution in [0.3, 0.4) is 0 Å². The highest BCUT2D eigenvalue weighted by Crippen LogP contribution is 2.33. The van der Waals surface area contributed by atoms with Crippen LogP contribution < -0.4 is 4.90 Å². The van der Waals surface area contributed by atoms with Crippen LogP contribution in [0.25, 0.3) is 10.9 Å². The maximum atomic E-state index is 14.9. The first-order chi connectivity index (χ1) is 16.9. The van der Waals surface area contributed by atoms with Crippen LogP contribution in [0.5, 0.6) is 0 Å². The van der Waals surface area contributed by atoms with E-state index in [0.29, 0.717) is 19.6 Å². The molecule has 1 saturated heterocycles. The maximum absolute atomic E-state index is 14.9. The number of nitrogens with zero attached hydrogens (tertiary/aromatic N) is 6. The average Bonchev–Trinajstić information content (AvgIpc) is 3.24. The normalized spacial score (nSPS) is 17.8. The van der Waals surface area contributed by atoms with Gasteiger partial charge in [-0.15, -0.1) is 0 Å². The molecule has 1 N–H and O–H groups in total. The largest absolute Gasteiger partial charge is 0.381 e. The second kappa shape index (κ2) is 9.67. The summed E-state index contributed by atoms with van der Waals surface area (Å²) in [5.74, 6) is -0.549. The van der Waals surface area contributed by atoms with Gasteiger partial charge in [0.25, 0.3) is 0 Å². The third-order valence-corrected chi connectivity index (χ3v) is 6.94. The van der Waals surface area contributed by atoms with E-state index < -0.39 is 23.3 Å². The summed E-state index contributed by atoms with van der Waals surface area (Å²) in [4.78, 5) is 13.2. The van der Waals surface area contributed by atoms with Gasteiger partial charge in [-0.1, -0.05) is 24.3 Å². The van der Waals surface area contributed by atoms with E-state index in [0.717, 1.165) is 35.8 Å². The summed E-state index contributed by atoms with van der Waals surface area (Å²) >= 11 is 0. The Hall–Kier alpha value is -3.43. The first kappa shape index (κ1) is 23.3. The van der Waals surface area contributed by atoms with Crippen LogP contribution in [0.2, 0.25) is 0 Å². The Morgan fingerprint density at radius 3 is 2.69 bits per heavy atom. The molecule has 0 unspecified atom stereocenters. The number of halogens is 2. The highest BCUT2D eigenvalue weighted by atomic mass is 19.1. The number of benzene rings is 2. The summed E-state index contributed by atoms with van der Waals surface area (Å²) in [6, 6.07) is 15.0. The fraction of sp³-hybridized carbons (Fsp3) is 0.346. The topological polar surface area (TPSA) is 70.3 Å². The standard InChI is InChI=1S/C26H28F2N6O/c1-19(26(35,16-34-18-29-17-30-34)22-9-8-21(27)15-23(22)28)32-11-4-12-33(14-13-32)25-10-7-20-5-2-3-6-24(20)31-25/h2-3,5-10,15,17-19,35H,4,11-14,16H2,1H3/t19-,26-/m1/s1. The summed E-state index contributed by atoms with van der Waals surface area (Å²) < 4.78 is 30.0. The molecular formula is C26H28F2N6O. The summed E-state index contributed by atoms with van der Waals surface area (Å²) in [6.07, 6.45) is 3.70. The van der Waals surface area contributed by atoms with E-state index >= 15 is 0 Å². The molecule has 3 heterocycles. The molecule has 4 aromatic rings. The van der Waals surface area contributed by atoms with Gasteiger partial charge in [0.15, 0.2) is 0 Å². The highest BCUT2D eigenvalue weighted by molar-refractivity contribution is 5.80. The summed E-state index contributed by atoms with van der Waals surface area (Å²) in [5.41, 5.74) is -0.658. The van der Waals surface area contributed by atoms with Crippen LogP contribution in [0, 0.1) is 11.6 Å². The molecule has 9 heteroatoms. The van der Waals surface area contributed by atoms with E-state index in [1.165, 1.54) is 29.5 Å². The van der Waals surface area contributed by atoms with Crippen molar-refractivity contribution in [1.29, 1.82) is 0 Å². The average molecular weight is 479 g/mol. The van der Waals surface area contributed by atoms with Gasteiger partial charge in [-0.05, 0) is 37.6 Å². The number of fused-ring (bicyclic) bond motifs is 1. The van der Waals surface area contributed by atoms with Crippen molar-refractivity contribution in [2.75, 3.05) is 31.1 Å². The molecule has 2 aromatic heterocycles. The molecule has 0 saturated carbocycles. The van der Waals surface area contributed by atoms with Crippen LogP contribution in [-0.4, -0.2) is 62.0 Å². The van der Waals surface area contributed by atoms with Crippen molar-refractivity contribution in [2.45, 2.75) is 31.5 Å². The Morgan fingerprint density at radius 1 is 1.03 bits per heavy atom. The van der Waals surface area contributed by atoms with Gasteiger partial charge in [0.05, 0.1) is 12.1 Å². The molecule has 1 aliphatic heterocycles. The van der Waals surface area contributed by atoms with Crippen molar-refractivity contribution in [3.8, 4) is 0 Å². The minimum atomic E-state index is -1.65. The Labute approximate surface area is 202 Å². The van der Waals surface area contributed by atoms with Crippen molar-refractivity contribution in [1.82, 2.24) is 24.6 Å². The molecule has 1 fully saturated rings. The summed E-state index contributed by atoms with van der Waals surface area (Å²) in [5, 5.41) is 17.1. The van der Waals surface area contributed by atoms with Crippen molar-refractivity contribution in [2.24, 2.45) is 0 Å². The van der Waals surface area contributed by atoms with Gasteiger partial charge in [0.1, 0.15) is 35.7 Å². The Morgan fingerprint density at radius 2 is 1.89 bits per heavy atom. The molecule has 0 radical (unpaired) electrons. The minimum absolute atomic E-state index is 0.0108. The first-order valence-electron chi connectivity index (χ1n) is 11.8. The number of rotatable bonds is 6. The zero-order valence-corrected chi connectivity index (χ0v) is 19.6. The number of para-hydroxylation sites is 1. The van der Waals surface area contributed by atoms with E-state index in [-0.39, 0.29) is 12.1 Å². The van der Waals surface area contributed by atoms with Gasteiger partial charge in [0, 0.05) is 49.2 Å². The second-order valence-electron chi connectivity index (χ2n) is 9.06. The smallest absolute Gasteiger partial charge is 0.137 e. The third kappa shape index (κ3) is 4.74. The van der Waals surface area contributed by atoms with Crippen molar-refractivity contribution in [3.63, 3.8) is 0 Å². The first-order valence-corrected chi connectivity index (χ1v) is 11.8. The molecule has 0 amide bonds. The summed E-state index contributed by atoms with van der Waals surface area (Å²) in [6.45, 7) is 4.76. The molecule has 2 aromatic carbocycles. The lowest BCUT2D eigenvalue weighted by molar-refractivity contribution is -0.0622. The van der Waals surface area contributed by atoms with Gasteiger partial charge in [-0.25, -0.2) is 23.4 Å². The lowest BCUT2D eigenvalue weighted by Crippen LogP contribution is -2.53. The predicted octanol–water partition coefficient (Wildman–Crippen LogP) is 3.59. The third-order valence-electron chi connectivity index (χ3n) is 6.94. The van der Waals surface area contributed by atoms with Crippen molar-refractivity contribution < 1.29 is 13.9 Å². The van der Waals surface area contributed by atoms with Crippen LogP contribution in [0.4, 0.5) is 14.6 Å². The fourth-order valence-electron chi connectivity index (χ4n) is 4.93. The zero-order valence-electron chi connectivity index (χ0n) is 19.6. The minimum Gasteiger partial charge on any atom is -0.381 e. The Bertz CT molecular complexity index is 1300. The number of aliphatic hydroxyl groups is 1. The van der Waals surface area contributed by atoms with Crippen molar-refractivity contribution in [3.05, 3.63) is 84.4 Å². The van der Waals surface area contributed by atoms with E-state index in [1.54, 1.807) is 0 Å². The van der Waals surface area contributed by atoms with Crippen LogP contribution in [0.15, 0.2) is 67.3 Å². The molecule has 0 bridgehead atoms. The van der Waals surface area contributed by atoms with Crippen LogP contribution in [0.1, 0.15) is 18.9 Å². The second-order valence-corrected chi connectivity index (χ2v) is 9.06. The lowest BCUT2D eigenvalue weighted by atomic mass is 9.85. The monoisotopic (exact) mass is 478 g/mol. The molecule has 182 valence electrons. The van der Waals surface area contributed by atoms with E-state index in [4.69, 9.17) is 4.98 Å². The van der Waals surface area contributed by atoms with Gasteiger partial charge in [-0.3, -0.25) is 4.90 Å². The van der Waals surface area contributed by atoms with Gasteiger partial charge in [-0.2, -0.15) is 5.10 Å². The molecule has 5 rings (SSSR count). The molecular weight excluding hydrogens is 450 g/mol. The Kier molecular flexibility index (Phi) is 6.44. The molecule has 7 nitrogen and oxygen atoms in total. The van der Waals surface area contributed by atoms with Gasteiger partial charge < -0.3 is 10.0 Å². The van der Waals surface area contributed by atoms with Gasteiger partial charge in [0.2, 0.25) is 0 Å². The fourth-order valence-corrected chi connectivity index (χ4v) is 4.93. The molecule has 1 aliphatic rings. The molecule has 0 spiro atoms. The number of pyridine rings is 1. The van der Waals surface area contributed by atoms with E-state index in [2.05, 4.69) is 25.9 Å². The number of hydrogen-bond acceptors (Lipinski definition) is 6. The molecule has 2 atom stereocenters. The SMILES string of the molecule is C[C@@H](N1CCCN(c2ccc3ccccc3n2)CC1)[C@](O)(Cn1cncn1)c1ccc(F)cc1F. The lowest BCUT2D eigenvalue weighted by Gasteiger charge is -2.41. The molecule has 35 heavy (non-hydrogen) atoms. The van der Waals surface area contributed by atoms with E-state index in [9.17, 15) is 13.9 Å². The number of hydrogen-bond donors (Lipinski definition) is 1. The maximum Gasteiger partial charge on any atom is 0.137 e. The van der Waals surface area contributed by atoms with Gasteiger partial charge >= 0.3 is 0 Å². The van der Waals surface area contributed by atoms with E-state index in [1.807, 2.05) is 37.3 Å². The van der Waals surface area contributed by atoms with Crippen molar-refractivity contribution >= 4 is 16.7 Å². The number of anilines is 1. The zero-order chi connectivity index (χ0) is 24.4. The highest BCUT2D eigenvalue weighted by Gasteiger charge is 2.42. The molecule has 0 aliphatic carbocycles. The Balaban J connectivity index is 1.39. The summed E-state index contributed by atoms with van der Waals surface area (Å²) in [7, 11) is 0. The predicted molar refractivity (Wildman–Crippen MR) is 130 cm³/mol. The van der Waals surface area contributed by atoms with Crippen LogP contribution in [-0.2, 0) is 12.1 Å². The van der Waals surface area contributed by atoms with Crippen LogP contribution >= 0.6 is 0 Å². The number of aromatic nitrogens is 4.